The molecule has 0 aliphatic carbocycles. The Morgan fingerprint density at radius 1 is 1.35 bits per heavy atom. The van der Waals surface area contributed by atoms with Crippen molar-refractivity contribution in [3.8, 4) is 0 Å². The van der Waals surface area contributed by atoms with E-state index in [1.807, 2.05) is 0 Å². The number of rotatable bonds is 2. The molecule has 0 N–H and O–H groups in total. The quantitative estimate of drug-likeness (QED) is 0.731. The fourth-order valence-corrected chi connectivity index (χ4v) is 2.44. The van der Waals surface area contributed by atoms with Gasteiger partial charge in [0, 0.05) is 6.04 Å². The summed E-state index contributed by atoms with van der Waals surface area (Å²) in [6, 6.07) is -1.06. The van der Waals surface area contributed by atoms with Gasteiger partial charge < -0.3 is 22.4 Å². The molecule has 1 amide bonds. The number of carbonyl (C=O) groups is 1. The fraction of sp³-hybridized carbons (Fsp3) is 0.917. The summed E-state index contributed by atoms with van der Waals surface area (Å²) in [5.41, 5.74) is -1.89. The van der Waals surface area contributed by atoms with Crippen molar-refractivity contribution in [1.82, 2.24) is 4.90 Å². The molecule has 1 fully saturated rings. The van der Waals surface area contributed by atoms with Gasteiger partial charge in [-0.05, 0) is 41.5 Å². The molecule has 2 unspecified atom stereocenters. The Morgan fingerprint density at radius 3 is 2.25 bits per heavy atom. The standard InChI is InChI=1S/C12H22BF3NO3/c1-8-9(7-13(14,15)16)17(12(5,6)19-8)10(18)20-11(2,3)4/h8-9H,7H2,1-6H3/q-1. The van der Waals surface area contributed by atoms with E-state index in [9.17, 15) is 17.7 Å². The first-order chi connectivity index (χ1) is 8.73. The maximum Gasteiger partial charge on any atom is 0.480 e. The molecule has 0 aromatic carbocycles. The maximum atomic E-state index is 12.7. The zero-order valence-electron chi connectivity index (χ0n) is 12.7. The van der Waals surface area contributed by atoms with Gasteiger partial charge in [0.15, 0.2) is 0 Å². The molecule has 1 aliphatic rings. The largest absolute Gasteiger partial charge is 0.480 e. The summed E-state index contributed by atoms with van der Waals surface area (Å²) < 4.78 is 48.9. The second-order valence-electron chi connectivity index (χ2n) is 6.63. The zero-order chi connectivity index (χ0) is 15.9. The van der Waals surface area contributed by atoms with Gasteiger partial charge in [-0.3, -0.25) is 4.90 Å². The van der Waals surface area contributed by atoms with E-state index in [0.29, 0.717) is 0 Å². The highest BCUT2D eigenvalue weighted by molar-refractivity contribution is 6.58. The summed E-state index contributed by atoms with van der Waals surface area (Å²) in [7, 11) is 0. The Labute approximate surface area is 117 Å². The number of halogens is 3. The third kappa shape index (κ3) is 4.29. The summed E-state index contributed by atoms with van der Waals surface area (Å²) in [5, 5.41) is 0. The molecular weight excluding hydrogens is 274 g/mol. The highest BCUT2D eigenvalue weighted by atomic mass is 19.4. The highest BCUT2D eigenvalue weighted by Crippen LogP contribution is 2.37. The first kappa shape index (κ1) is 17.1. The van der Waals surface area contributed by atoms with Gasteiger partial charge in [-0.15, -0.1) is 0 Å². The summed E-state index contributed by atoms with van der Waals surface area (Å²) in [5.74, 6) is 0. The molecule has 0 aromatic rings. The van der Waals surface area contributed by atoms with Gasteiger partial charge in [0.1, 0.15) is 11.3 Å². The number of ether oxygens (including phenoxy) is 2. The van der Waals surface area contributed by atoms with E-state index in [4.69, 9.17) is 9.47 Å². The number of amides is 1. The summed E-state index contributed by atoms with van der Waals surface area (Å²) >= 11 is 0. The molecule has 1 rings (SSSR count). The average Bonchev–Trinajstić information content (AvgIpc) is 2.29. The van der Waals surface area contributed by atoms with Crippen LogP contribution in [0.15, 0.2) is 0 Å². The Balaban J connectivity index is 2.99. The smallest absolute Gasteiger partial charge is 0.449 e. The maximum absolute atomic E-state index is 12.7. The van der Waals surface area contributed by atoms with E-state index in [1.54, 1.807) is 41.5 Å². The zero-order valence-corrected chi connectivity index (χ0v) is 12.7. The monoisotopic (exact) mass is 296 g/mol. The Hall–Kier alpha value is -0.915. The van der Waals surface area contributed by atoms with E-state index in [0.717, 1.165) is 4.90 Å². The lowest BCUT2D eigenvalue weighted by atomic mass is 9.79. The van der Waals surface area contributed by atoms with E-state index in [2.05, 4.69) is 0 Å². The molecule has 2 atom stereocenters. The van der Waals surface area contributed by atoms with Crippen LogP contribution in [0.2, 0.25) is 6.32 Å². The minimum absolute atomic E-state index is 0.694. The Morgan fingerprint density at radius 2 is 1.85 bits per heavy atom. The van der Waals surface area contributed by atoms with Crippen LogP contribution in [0.4, 0.5) is 17.7 Å². The van der Waals surface area contributed by atoms with Crippen LogP contribution in [0.1, 0.15) is 41.5 Å². The molecule has 1 aliphatic heterocycles. The number of nitrogens with zero attached hydrogens (tertiary/aromatic N) is 1. The topological polar surface area (TPSA) is 38.8 Å². The van der Waals surface area contributed by atoms with E-state index in [1.165, 1.54) is 0 Å². The normalized spacial score (nSPS) is 26.8. The van der Waals surface area contributed by atoms with Crippen LogP contribution in [-0.4, -0.2) is 41.4 Å². The minimum atomic E-state index is -5.02. The predicted molar refractivity (Wildman–Crippen MR) is 70.4 cm³/mol. The van der Waals surface area contributed by atoms with Gasteiger partial charge in [0.05, 0.1) is 6.10 Å². The van der Waals surface area contributed by atoms with E-state index < -0.39 is 42.9 Å². The molecule has 0 radical (unpaired) electrons. The van der Waals surface area contributed by atoms with Crippen LogP contribution in [0.25, 0.3) is 0 Å². The molecular formula is C12H22BF3NO3-. The first-order valence-corrected chi connectivity index (χ1v) is 6.64. The second kappa shape index (κ2) is 5.13. The SMILES string of the molecule is CC1OC(C)(C)N(C(=O)OC(C)(C)C)C1C[B-](F)(F)F. The van der Waals surface area contributed by atoms with Crippen molar-refractivity contribution in [2.45, 2.75) is 71.3 Å². The van der Waals surface area contributed by atoms with Gasteiger partial charge in [-0.2, -0.15) is 0 Å². The highest BCUT2D eigenvalue weighted by Gasteiger charge is 2.51. The van der Waals surface area contributed by atoms with Crippen molar-refractivity contribution in [2.24, 2.45) is 0 Å². The number of hydrogen-bond donors (Lipinski definition) is 0. The molecule has 0 bridgehead atoms. The summed E-state index contributed by atoms with van der Waals surface area (Å²) in [6.07, 6.45) is -2.53. The lowest BCUT2D eigenvalue weighted by molar-refractivity contribution is -0.0754. The first-order valence-electron chi connectivity index (χ1n) is 6.64. The van der Waals surface area contributed by atoms with Gasteiger partial charge in [0.2, 0.25) is 0 Å². The van der Waals surface area contributed by atoms with Gasteiger partial charge in [-0.25, -0.2) is 4.79 Å². The van der Waals surface area contributed by atoms with Crippen molar-refractivity contribution in [1.29, 1.82) is 0 Å². The van der Waals surface area contributed by atoms with Gasteiger partial charge in [0.25, 0.3) is 0 Å². The third-order valence-corrected chi connectivity index (χ3v) is 3.03. The molecule has 8 heteroatoms. The van der Waals surface area contributed by atoms with Crippen LogP contribution in [0.5, 0.6) is 0 Å². The van der Waals surface area contributed by atoms with Crippen LogP contribution in [-0.2, 0) is 9.47 Å². The molecule has 1 heterocycles. The van der Waals surface area contributed by atoms with Crippen molar-refractivity contribution in [3.05, 3.63) is 0 Å². The van der Waals surface area contributed by atoms with Crippen molar-refractivity contribution in [3.63, 3.8) is 0 Å². The second-order valence-corrected chi connectivity index (χ2v) is 6.63. The van der Waals surface area contributed by atoms with Crippen LogP contribution < -0.4 is 0 Å². The molecule has 1 saturated heterocycles. The Bertz CT molecular complexity index is 379. The molecule has 0 saturated carbocycles. The van der Waals surface area contributed by atoms with Crippen molar-refractivity contribution < 1.29 is 27.2 Å². The number of hydrogen-bond acceptors (Lipinski definition) is 3. The van der Waals surface area contributed by atoms with Crippen molar-refractivity contribution in [2.75, 3.05) is 0 Å². The van der Waals surface area contributed by atoms with Gasteiger partial charge >= 0.3 is 13.1 Å². The van der Waals surface area contributed by atoms with Crippen LogP contribution in [0.3, 0.4) is 0 Å². The van der Waals surface area contributed by atoms with Gasteiger partial charge in [-0.1, -0.05) is 6.32 Å². The minimum Gasteiger partial charge on any atom is -0.449 e. The van der Waals surface area contributed by atoms with E-state index >= 15 is 0 Å². The molecule has 0 spiro atoms. The fourth-order valence-electron chi connectivity index (χ4n) is 2.44. The lowest BCUT2D eigenvalue weighted by Gasteiger charge is -2.36. The molecule has 4 nitrogen and oxygen atoms in total. The van der Waals surface area contributed by atoms with Crippen molar-refractivity contribution >= 4 is 13.1 Å². The summed E-state index contributed by atoms with van der Waals surface area (Å²) in [4.78, 5) is 13.2. The van der Waals surface area contributed by atoms with Crippen LogP contribution >= 0.6 is 0 Å². The van der Waals surface area contributed by atoms with Crippen LogP contribution in [0, 0.1) is 0 Å². The predicted octanol–water partition coefficient (Wildman–Crippen LogP) is 3.59. The lowest BCUT2D eigenvalue weighted by Crippen LogP contribution is -2.51. The molecule has 20 heavy (non-hydrogen) atoms. The molecule has 0 aromatic heterocycles. The third-order valence-electron chi connectivity index (χ3n) is 3.03. The average molecular weight is 296 g/mol. The Kier molecular flexibility index (Phi) is 4.39. The molecule has 118 valence electrons. The summed E-state index contributed by atoms with van der Waals surface area (Å²) in [6.45, 7) is 4.66. The van der Waals surface area contributed by atoms with E-state index in [-0.39, 0.29) is 0 Å². The number of carbonyl (C=O) groups excluding carboxylic acids is 1.